The van der Waals surface area contributed by atoms with E-state index in [1.807, 2.05) is 0 Å². The van der Waals surface area contributed by atoms with Gasteiger partial charge in [-0.05, 0) is 18.0 Å². The molecular weight excluding hydrogens is 316 g/mol. The van der Waals surface area contributed by atoms with Gasteiger partial charge in [-0.25, -0.2) is 14.0 Å². The maximum Gasteiger partial charge on any atom is 0.442 e. The maximum absolute atomic E-state index is 11.8. The lowest BCUT2D eigenvalue weighted by molar-refractivity contribution is 0.282. The normalized spacial score (nSPS) is 11.2. The fraction of sp³-hybridized carbons (Fsp3) is 0.333. The number of nitrogens with zero attached hydrogens (tertiary/aromatic N) is 4. The Morgan fingerprint density at radius 1 is 1.32 bits per heavy atom. The zero-order valence-corrected chi connectivity index (χ0v) is 12.0. The van der Waals surface area contributed by atoms with Crippen LogP contribution in [0.3, 0.4) is 0 Å². The van der Waals surface area contributed by atoms with Crippen LogP contribution in [0.2, 0.25) is 5.02 Å². The molecule has 0 spiro atoms. The van der Waals surface area contributed by atoms with E-state index in [1.165, 1.54) is 10.8 Å². The lowest BCUT2D eigenvalue weighted by Gasteiger charge is -2.00. The number of halogens is 1. The highest BCUT2D eigenvalue weighted by Crippen LogP contribution is 2.20. The minimum Gasteiger partial charge on any atom is -0.466 e. The average Bonchev–Trinajstić information content (AvgIpc) is 3.20. The van der Waals surface area contributed by atoms with E-state index >= 15 is 0 Å². The zero-order chi connectivity index (χ0) is 15.5. The van der Waals surface area contributed by atoms with Gasteiger partial charge in [-0.2, -0.15) is 0 Å². The quantitative estimate of drug-likeness (QED) is 0.715. The number of aliphatic hydroxyl groups is 1. The summed E-state index contributed by atoms with van der Waals surface area (Å²) in [5, 5.41) is 20.5. The Balaban J connectivity index is 1.95. The number of furan rings is 1. The first kappa shape index (κ1) is 14.5. The van der Waals surface area contributed by atoms with Crippen molar-refractivity contribution in [2.75, 3.05) is 6.61 Å². The summed E-state index contributed by atoms with van der Waals surface area (Å²) in [5.41, 5.74) is 0.769. The third-order valence-electron chi connectivity index (χ3n) is 2.96. The number of aromatic nitrogens is 4. The van der Waals surface area contributed by atoms with Crippen molar-refractivity contribution in [1.82, 2.24) is 20.0 Å². The molecule has 0 saturated carbocycles. The average molecular weight is 327 g/mol. The molecule has 3 aromatic rings. The van der Waals surface area contributed by atoms with Gasteiger partial charge in [0.05, 0.1) is 11.6 Å². The summed E-state index contributed by atoms with van der Waals surface area (Å²) in [5.74, 6) is -0.0322. The van der Waals surface area contributed by atoms with E-state index in [4.69, 9.17) is 25.8 Å². The molecule has 10 heteroatoms. The van der Waals surface area contributed by atoms with Crippen LogP contribution < -0.4 is 5.76 Å². The topological polar surface area (TPSA) is 120 Å². The summed E-state index contributed by atoms with van der Waals surface area (Å²) in [7, 11) is 0. The van der Waals surface area contributed by atoms with E-state index in [-0.39, 0.29) is 24.7 Å². The van der Waals surface area contributed by atoms with Gasteiger partial charge in [0.25, 0.3) is 0 Å². The van der Waals surface area contributed by atoms with Crippen LogP contribution in [0.5, 0.6) is 0 Å². The van der Waals surface area contributed by atoms with Crippen molar-refractivity contribution in [3.8, 4) is 11.5 Å². The van der Waals surface area contributed by atoms with Gasteiger partial charge in [-0.1, -0.05) is 21.9 Å². The third kappa shape index (κ3) is 2.81. The van der Waals surface area contributed by atoms with Crippen LogP contribution in [0, 0.1) is 0 Å². The molecule has 116 valence electrons. The van der Waals surface area contributed by atoms with E-state index in [1.54, 1.807) is 6.07 Å². The number of hydrogen-bond acceptors (Lipinski definition) is 8. The highest BCUT2D eigenvalue weighted by atomic mass is 35.5. The number of hydrogen-bond donors (Lipinski definition) is 1. The van der Waals surface area contributed by atoms with Crippen molar-refractivity contribution in [3.63, 3.8) is 0 Å². The van der Waals surface area contributed by atoms with Gasteiger partial charge in [0.2, 0.25) is 5.82 Å². The van der Waals surface area contributed by atoms with Gasteiger partial charge in [-0.3, -0.25) is 4.52 Å². The molecule has 0 unspecified atom stereocenters. The summed E-state index contributed by atoms with van der Waals surface area (Å²) < 4.78 is 15.8. The molecule has 0 aliphatic rings. The lowest BCUT2D eigenvalue weighted by atomic mass is 10.2. The van der Waals surface area contributed by atoms with Gasteiger partial charge in [0.1, 0.15) is 17.7 Å². The SMILES string of the molecule is O=c1onc(-c2nonc2CCCO)n1Cc1cc(Cl)co1. The fourth-order valence-corrected chi connectivity index (χ4v) is 2.12. The second-order valence-electron chi connectivity index (χ2n) is 4.48. The molecule has 0 amide bonds. The summed E-state index contributed by atoms with van der Waals surface area (Å²) in [6, 6.07) is 1.58. The van der Waals surface area contributed by atoms with Crippen LogP contribution in [0.25, 0.3) is 11.5 Å². The smallest absolute Gasteiger partial charge is 0.442 e. The monoisotopic (exact) mass is 326 g/mol. The maximum atomic E-state index is 11.8. The molecule has 0 radical (unpaired) electrons. The second kappa shape index (κ2) is 6.16. The standard InChI is InChI=1S/C12H11ClN4O5/c13-7-4-8(20-6-7)5-17-11(16-21-12(17)19)10-9(2-1-3-18)14-22-15-10/h4,6,18H,1-3,5H2. The van der Waals surface area contributed by atoms with E-state index < -0.39 is 5.76 Å². The van der Waals surface area contributed by atoms with Crippen molar-refractivity contribution in [2.45, 2.75) is 19.4 Å². The minimum atomic E-state index is -0.668. The van der Waals surface area contributed by atoms with Crippen LogP contribution in [0.4, 0.5) is 0 Å². The van der Waals surface area contributed by atoms with E-state index in [0.29, 0.717) is 29.3 Å². The Labute approximate surface area is 128 Å². The minimum absolute atomic E-state index is 0.00279. The van der Waals surface area contributed by atoms with Gasteiger partial charge >= 0.3 is 5.76 Å². The van der Waals surface area contributed by atoms with E-state index in [9.17, 15) is 4.79 Å². The van der Waals surface area contributed by atoms with E-state index in [2.05, 4.69) is 20.0 Å². The van der Waals surface area contributed by atoms with Crippen LogP contribution >= 0.6 is 11.6 Å². The lowest BCUT2D eigenvalue weighted by Crippen LogP contribution is -2.16. The van der Waals surface area contributed by atoms with Crippen molar-refractivity contribution in [3.05, 3.63) is 39.4 Å². The van der Waals surface area contributed by atoms with Gasteiger partial charge in [-0.15, -0.1) is 0 Å². The fourth-order valence-electron chi connectivity index (χ4n) is 1.96. The highest BCUT2D eigenvalue weighted by Gasteiger charge is 2.22. The molecule has 3 aromatic heterocycles. The molecule has 0 bridgehead atoms. The van der Waals surface area contributed by atoms with Gasteiger partial charge in [0.15, 0.2) is 5.69 Å². The molecular formula is C12H11ClN4O5. The molecule has 3 rings (SSSR count). The molecule has 3 heterocycles. The molecule has 0 fully saturated rings. The predicted octanol–water partition coefficient (Wildman–Crippen LogP) is 1.11. The van der Waals surface area contributed by atoms with Crippen LogP contribution in [-0.2, 0) is 13.0 Å². The molecule has 9 nitrogen and oxygen atoms in total. The first-order valence-corrected chi connectivity index (χ1v) is 6.79. The van der Waals surface area contributed by atoms with Crippen LogP contribution in [0.1, 0.15) is 17.9 Å². The number of aryl methyl sites for hydroxylation is 1. The van der Waals surface area contributed by atoms with Crippen molar-refractivity contribution in [1.29, 1.82) is 0 Å². The third-order valence-corrected chi connectivity index (χ3v) is 3.16. The molecule has 0 aliphatic carbocycles. The molecule has 0 aliphatic heterocycles. The Morgan fingerprint density at radius 2 is 2.18 bits per heavy atom. The largest absolute Gasteiger partial charge is 0.466 e. The predicted molar refractivity (Wildman–Crippen MR) is 72.3 cm³/mol. The Bertz CT molecular complexity index is 817. The Morgan fingerprint density at radius 3 is 2.91 bits per heavy atom. The number of aliphatic hydroxyl groups excluding tert-OH is 1. The first-order chi connectivity index (χ1) is 10.7. The zero-order valence-electron chi connectivity index (χ0n) is 11.2. The molecule has 22 heavy (non-hydrogen) atoms. The van der Waals surface area contributed by atoms with Gasteiger partial charge < -0.3 is 9.52 Å². The molecule has 0 atom stereocenters. The Kier molecular flexibility index (Phi) is 4.07. The van der Waals surface area contributed by atoms with Crippen molar-refractivity contribution in [2.24, 2.45) is 0 Å². The summed E-state index contributed by atoms with van der Waals surface area (Å²) in [4.78, 5) is 11.8. The van der Waals surface area contributed by atoms with Crippen molar-refractivity contribution >= 4 is 11.6 Å². The molecule has 0 aromatic carbocycles. The van der Waals surface area contributed by atoms with Crippen molar-refractivity contribution < 1.29 is 18.7 Å². The molecule has 0 saturated heterocycles. The van der Waals surface area contributed by atoms with E-state index in [0.717, 1.165) is 0 Å². The summed E-state index contributed by atoms with van der Waals surface area (Å²) in [6.45, 7) is 0.0828. The second-order valence-corrected chi connectivity index (χ2v) is 4.91. The van der Waals surface area contributed by atoms with Crippen LogP contribution in [-0.4, -0.2) is 31.8 Å². The highest BCUT2D eigenvalue weighted by molar-refractivity contribution is 6.30. The van der Waals surface area contributed by atoms with Gasteiger partial charge in [0, 0.05) is 12.7 Å². The summed E-state index contributed by atoms with van der Waals surface area (Å²) in [6.07, 6.45) is 2.28. The molecule has 1 N–H and O–H groups in total. The Hall–Kier alpha value is -2.39. The van der Waals surface area contributed by atoms with Crippen LogP contribution in [0.15, 0.2) is 30.7 Å². The summed E-state index contributed by atoms with van der Waals surface area (Å²) >= 11 is 5.78. The first-order valence-electron chi connectivity index (χ1n) is 6.41. The number of rotatable bonds is 6.